The molecule has 0 saturated carbocycles. The lowest BCUT2D eigenvalue weighted by Gasteiger charge is -2.14. The molecule has 0 atom stereocenters. The Hall–Kier alpha value is -2.45. The summed E-state index contributed by atoms with van der Waals surface area (Å²) in [4.78, 5) is 23.7. The summed E-state index contributed by atoms with van der Waals surface area (Å²) in [7, 11) is 4.25. The van der Waals surface area contributed by atoms with Gasteiger partial charge < -0.3 is 24.3 Å². The van der Waals surface area contributed by atoms with Crippen molar-refractivity contribution < 1.29 is 28.5 Å². The lowest BCUT2D eigenvalue weighted by molar-refractivity contribution is -0.118. The van der Waals surface area contributed by atoms with Gasteiger partial charge in [0.15, 0.2) is 6.61 Å². The molecule has 9 heteroatoms. The highest BCUT2D eigenvalue weighted by Crippen LogP contribution is 2.36. The van der Waals surface area contributed by atoms with E-state index < -0.39 is 11.9 Å². The molecule has 0 heterocycles. The van der Waals surface area contributed by atoms with Crippen molar-refractivity contribution in [1.82, 2.24) is 0 Å². The average Bonchev–Trinajstić information content (AvgIpc) is 2.66. The first-order valence-electron chi connectivity index (χ1n) is 7.61. The van der Waals surface area contributed by atoms with Crippen LogP contribution in [0.5, 0.6) is 17.2 Å². The first-order chi connectivity index (χ1) is 12.9. The lowest BCUT2D eigenvalue weighted by Crippen LogP contribution is -2.20. The van der Waals surface area contributed by atoms with E-state index in [0.717, 1.165) is 0 Å². The largest absolute Gasteiger partial charge is 0.495 e. The number of hydrogen-bond donors (Lipinski definition) is 1. The molecule has 0 aliphatic carbocycles. The highest BCUT2D eigenvalue weighted by atomic mass is 79.9. The van der Waals surface area contributed by atoms with E-state index in [4.69, 9.17) is 25.8 Å². The molecule has 144 valence electrons. The zero-order chi connectivity index (χ0) is 20.0. The number of halogens is 2. The third kappa shape index (κ3) is 5.27. The van der Waals surface area contributed by atoms with Gasteiger partial charge >= 0.3 is 5.97 Å². The normalized spacial score (nSPS) is 10.1. The van der Waals surface area contributed by atoms with Crippen LogP contribution in [0.15, 0.2) is 34.8 Å². The van der Waals surface area contributed by atoms with Crippen LogP contribution in [-0.2, 0) is 9.53 Å². The smallest absolute Gasteiger partial charge is 0.337 e. The SMILES string of the molecule is COC(=O)c1ccc(OCC(=O)Nc2cc(Cl)c(OC)cc2OC)c(Br)c1. The van der Waals surface area contributed by atoms with E-state index in [2.05, 4.69) is 26.0 Å². The molecule has 27 heavy (non-hydrogen) atoms. The third-order valence-corrected chi connectivity index (χ3v) is 4.37. The van der Waals surface area contributed by atoms with Gasteiger partial charge in [-0.05, 0) is 40.2 Å². The zero-order valence-corrected chi connectivity index (χ0v) is 17.1. The minimum Gasteiger partial charge on any atom is -0.495 e. The molecule has 0 aliphatic rings. The van der Waals surface area contributed by atoms with Gasteiger partial charge in [-0.15, -0.1) is 0 Å². The Morgan fingerprint density at radius 2 is 1.74 bits per heavy atom. The first-order valence-corrected chi connectivity index (χ1v) is 8.78. The standard InChI is InChI=1S/C18H17BrClNO6/c1-24-15-8-16(25-2)13(7-12(15)20)21-17(22)9-27-14-5-4-10(6-11(14)19)18(23)26-3/h4-8H,9H2,1-3H3,(H,21,22). The summed E-state index contributed by atoms with van der Waals surface area (Å²) in [5.74, 6) is 0.338. The van der Waals surface area contributed by atoms with E-state index in [9.17, 15) is 9.59 Å². The van der Waals surface area contributed by atoms with Crippen molar-refractivity contribution in [3.05, 3.63) is 45.4 Å². The van der Waals surface area contributed by atoms with Gasteiger partial charge in [0, 0.05) is 6.07 Å². The fourth-order valence-electron chi connectivity index (χ4n) is 2.15. The molecule has 0 bridgehead atoms. The van der Waals surface area contributed by atoms with Gasteiger partial charge in [-0.25, -0.2) is 4.79 Å². The van der Waals surface area contributed by atoms with E-state index in [0.29, 0.717) is 38.0 Å². The second-order valence-electron chi connectivity index (χ2n) is 5.16. The number of anilines is 1. The quantitative estimate of drug-likeness (QED) is 0.633. The maximum atomic E-state index is 12.2. The van der Waals surface area contributed by atoms with Crippen molar-refractivity contribution in [3.8, 4) is 17.2 Å². The molecule has 0 aliphatic heterocycles. The van der Waals surface area contributed by atoms with Gasteiger partial charge in [-0.2, -0.15) is 0 Å². The number of carbonyl (C=O) groups excluding carboxylic acids is 2. The molecule has 2 rings (SSSR count). The fourth-order valence-corrected chi connectivity index (χ4v) is 2.88. The molecule has 0 radical (unpaired) electrons. The van der Waals surface area contributed by atoms with Gasteiger partial charge in [0.1, 0.15) is 17.2 Å². The Morgan fingerprint density at radius 3 is 2.33 bits per heavy atom. The Kier molecular flexibility index (Phi) is 7.32. The van der Waals surface area contributed by atoms with E-state index in [-0.39, 0.29) is 6.61 Å². The van der Waals surface area contributed by atoms with Gasteiger partial charge in [0.25, 0.3) is 5.91 Å². The molecule has 0 fully saturated rings. The van der Waals surface area contributed by atoms with Crippen molar-refractivity contribution >= 4 is 45.1 Å². The lowest BCUT2D eigenvalue weighted by atomic mass is 10.2. The second-order valence-corrected chi connectivity index (χ2v) is 6.42. The van der Waals surface area contributed by atoms with Crippen LogP contribution in [0.3, 0.4) is 0 Å². The van der Waals surface area contributed by atoms with E-state index in [1.54, 1.807) is 18.2 Å². The molecular weight excluding hydrogens is 442 g/mol. The minimum absolute atomic E-state index is 0.261. The van der Waals surface area contributed by atoms with Crippen LogP contribution in [0.25, 0.3) is 0 Å². The molecule has 1 amide bonds. The number of nitrogens with one attached hydrogen (secondary N) is 1. The van der Waals surface area contributed by atoms with Crippen LogP contribution in [0.1, 0.15) is 10.4 Å². The summed E-state index contributed by atoms with van der Waals surface area (Å²) < 4.78 is 21.0. The summed E-state index contributed by atoms with van der Waals surface area (Å²) in [5.41, 5.74) is 0.746. The van der Waals surface area contributed by atoms with Crippen molar-refractivity contribution in [1.29, 1.82) is 0 Å². The minimum atomic E-state index is -0.469. The maximum absolute atomic E-state index is 12.2. The summed E-state index contributed by atoms with van der Waals surface area (Å²) >= 11 is 9.37. The van der Waals surface area contributed by atoms with E-state index >= 15 is 0 Å². The molecule has 7 nitrogen and oxygen atoms in total. The number of ether oxygens (including phenoxy) is 4. The highest BCUT2D eigenvalue weighted by molar-refractivity contribution is 9.10. The average molecular weight is 459 g/mol. The van der Waals surface area contributed by atoms with Gasteiger partial charge in [0.2, 0.25) is 0 Å². The number of hydrogen-bond acceptors (Lipinski definition) is 6. The van der Waals surface area contributed by atoms with Crippen LogP contribution < -0.4 is 19.5 Å². The molecule has 0 unspecified atom stereocenters. The summed E-state index contributed by atoms with van der Waals surface area (Å²) in [5, 5.41) is 2.99. The van der Waals surface area contributed by atoms with Crippen molar-refractivity contribution in [2.45, 2.75) is 0 Å². The molecule has 0 spiro atoms. The Labute approximate surface area is 169 Å². The maximum Gasteiger partial charge on any atom is 0.337 e. The van der Waals surface area contributed by atoms with E-state index in [1.807, 2.05) is 0 Å². The molecule has 1 N–H and O–H groups in total. The van der Waals surface area contributed by atoms with Crippen LogP contribution >= 0.6 is 27.5 Å². The van der Waals surface area contributed by atoms with Crippen LogP contribution in [-0.4, -0.2) is 39.8 Å². The molecular formula is C18H17BrClNO6. The van der Waals surface area contributed by atoms with Crippen molar-refractivity contribution in [3.63, 3.8) is 0 Å². The van der Waals surface area contributed by atoms with Crippen LogP contribution in [0.4, 0.5) is 5.69 Å². The number of esters is 1. The topological polar surface area (TPSA) is 83.1 Å². The number of benzene rings is 2. The molecule has 2 aromatic rings. The predicted molar refractivity (Wildman–Crippen MR) is 104 cm³/mol. The Balaban J connectivity index is 2.05. The Bertz CT molecular complexity index is 858. The third-order valence-electron chi connectivity index (χ3n) is 3.46. The summed E-state index contributed by atoms with van der Waals surface area (Å²) in [6.07, 6.45) is 0. The fraction of sp³-hybridized carbons (Fsp3) is 0.222. The van der Waals surface area contributed by atoms with E-state index in [1.165, 1.54) is 33.5 Å². The van der Waals surface area contributed by atoms with Crippen LogP contribution in [0, 0.1) is 0 Å². The first kappa shape index (κ1) is 20.9. The summed E-state index contributed by atoms with van der Waals surface area (Å²) in [6, 6.07) is 7.75. The Morgan fingerprint density at radius 1 is 1.04 bits per heavy atom. The highest BCUT2D eigenvalue weighted by Gasteiger charge is 2.14. The van der Waals surface area contributed by atoms with Gasteiger partial charge in [0.05, 0.1) is 42.1 Å². The number of methoxy groups -OCH3 is 3. The second kappa shape index (κ2) is 9.48. The number of rotatable bonds is 7. The van der Waals surface area contributed by atoms with Gasteiger partial charge in [-0.3, -0.25) is 4.79 Å². The van der Waals surface area contributed by atoms with Crippen molar-refractivity contribution in [2.24, 2.45) is 0 Å². The predicted octanol–water partition coefficient (Wildman–Crippen LogP) is 3.92. The van der Waals surface area contributed by atoms with Crippen LogP contribution in [0.2, 0.25) is 5.02 Å². The zero-order valence-electron chi connectivity index (χ0n) is 14.8. The molecule has 2 aromatic carbocycles. The summed E-state index contributed by atoms with van der Waals surface area (Å²) in [6.45, 7) is -0.261. The monoisotopic (exact) mass is 457 g/mol. The number of carbonyl (C=O) groups is 2. The molecule has 0 aromatic heterocycles. The van der Waals surface area contributed by atoms with Crippen molar-refractivity contribution in [2.75, 3.05) is 33.3 Å². The number of amides is 1. The van der Waals surface area contributed by atoms with Gasteiger partial charge in [-0.1, -0.05) is 11.6 Å². The molecule has 0 saturated heterocycles.